The summed E-state index contributed by atoms with van der Waals surface area (Å²) in [5.41, 5.74) is 18.0. The number of nitrogens with two attached hydrogens (primary N) is 2. The molecule has 29 heavy (non-hydrogen) atoms. The molecule has 0 aromatic heterocycles. The van der Waals surface area contributed by atoms with Gasteiger partial charge in [0, 0.05) is 11.4 Å². The first-order valence-electron chi connectivity index (χ1n) is 9.28. The van der Waals surface area contributed by atoms with Crippen LogP contribution >= 0.6 is 0 Å². The van der Waals surface area contributed by atoms with Gasteiger partial charge in [-0.05, 0) is 48.2 Å². The van der Waals surface area contributed by atoms with Gasteiger partial charge in [-0.1, -0.05) is 24.3 Å². The van der Waals surface area contributed by atoms with E-state index in [4.69, 9.17) is 11.5 Å². The third-order valence-corrected chi connectivity index (χ3v) is 4.35. The quantitative estimate of drug-likeness (QED) is 0.246. The number of hydrogen-bond acceptors (Lipinski definition) is 2. The van der Waals surface area contributed by atoms with Crippen molar-refractivity contribution in [1.82, 2.24) is 0 Å². The van der Waals surface area contributed by atoms with Gasteiger partial charge in [0.05, 0.1) is 0 Å². The predicted octanol–water partition coefficient (Wildman–Crippen LogP) is 5.32. The standard InChI is InChI=1S/2C13H12N.U/c2*14-13-8-6-12(7-9-13)10-11-4-2-1-3-5-11;/h2*2-9H,10,14H2;/q2*-1;+2. The molecular formula is C26H24N2U. The van der Waals surface area contributed by atoms with Crippen molar-refractivity contribution in [1.29, 1.82) is 0 Å². The molecular weight excluding hydrogens is 578 g/mol. The van der Waals surface area contributed by atoms with E-state index in [1.165, 1.54) is 22.3 Å². The molecule has 0 saturated carbocycles. The minimum atomic E-state index is 0. The smallest absolute Gasteiger partial charge is 0.399 e. The van der Waals surface area contributed by atoms with E-state index in [-0.39, 0.29) is 31.1 Å². The van der Waals surface area contributed by atoms with Gasteiger partial charge in [0.15, 0.2) is 0 Å². The third-order valence-electron chi connectivity index (χ3n) is 4.35. The van der Waals surface area contributed by atoms with Crippen molar-refractivity contribution in [3.8, 4) is 0 Å². The van der Waals surface area contributed by atoms with Gasteiger partial charge >= 0.3 is 31.1 Å². The minimum absolute atomic E-state index is 0. The normalized spacial score (nSPS) is 9.66. The largest absolute Gasteiger partial charge is 2.00 e. The van der Waals surface area contributed by atoms with Gasteiger partial charge in [-0.15, -0.1) is 0 Å². The Morgan fingerprint density at radius 1 is 0.448 bits per heavy atom. The van der Waals surface area contributed by atoms with Gasteiger partial charge in [-0.2, -0.15) is 71.8 Å². The van der Waals surface area contributed by atoms with Crippen LogP contribution in [0.25, 0.3) is 0 Å². The van der Waals surface area contributed by atoms with Crippen LogP contribution in [0.2, 0.25) is 0 Å². The molecule has 0 aliphatic carbocycles. The number of benzene rings is 4. The number of anilines is 2. The van der Waals surface area contributed by atoms with Crippen LogP contribution in [0.15, 0.2) is 97.1 Å². The summed E-state index contributed by atoms with van der Waals surface area (Å²) >= 11 is 0. The Kier molecular flexibility index (Phi) is 9.58. The fraction of sp³-hybridized carbons (Fsp3) is 0.0769. The summed E-state index contributed by atoms with van der Waals surface area (Å²) in [4.78, 5) is 0. The van der Waals surface area contributed by atoms with Crippen LogP contribution in [-0.2, 0) is 12.8 Å². The van der Waals surface area contributed by atoms with E-state index in [0.717, 1.165) is 24.2 Å². The first-order valence-corrected chi connectivity index (χ1v) is 9.28. The molecule has 0 unspecified atom stereocenters. The topological polar surface area (TPSA) is 52.0 Å². The summed E-state index contributed by atoms with van der Waals surface area (Å²) in [5, 5.41) is 0. The molecule has 4 rings (SSSR count). The summed E-state index contributed by atoms with van der Waals surface area (Å²) in [7, 11) is 0. The maximum absolute atomic E-state index is 5.62. The third kappa shape index (κ3) is 8.20. The Bertz CT molecular complexity index is 868. The van der Waals surface area contributed by atoms with E-state index in [9.17, 15) is 0 Å². The van der Waals surface area contributed by atoms with E-state index in [2.05, 4.69) is 60.7 Å². The number of hydrogen-bond donors (Lipinski definition) is 2. The fourth-order valence-corrected chi connectivity index (χ4v) is 2.82. The molecule has 0 radical (unpaired) electrons. The molecule has 0 atom stereocenters. The molecule has 0 fully saturated rings. The van der Waals surface area contributed by atoms with Crippen molar-refractivity contribution >= 4 is 11.4 Å². The molecule has 0 bridgehead atoms. The van der Waals surface area contributed by atoms with Gasteiger partial charge in [-0.3, -0.25) is 0 Å². The molecule has 4 N–H and O–H groups in total. The molecule has 0 amide bonds. The molecule has 142 valence electrons. The monoisotopic (exact) mass is 602 g/mol. The molecule has 3 heteroatoms. The van der Waals surface area contributed by atoms with Crippen molar-refractivity contribution in [3.05, 3.63) is 131 Å². The molecule has 0 heterocycles. The van der Waals surface area contributed by atoms with Crippen LogP contribution in [0.5, 0.6) is 0 Å². The molecule has 4 aromatic carbocycles. The van der Waals surface area contributed by atoms with E-state index in [1.807, 2.05) is 48.5 Å². The fourth-order valence-electron chi connectivity index (χ4n) is 2.82. The predicted molar refractivity (Wildman–Crippen MR) is 118 cm³/mol. The Labute approximate surface area is 197 Å². The zero-order valence-corrected chi connectivity index (χ0v) is 20.5. The van der Waals surface area contributed by atoms with Crippen molar-refractivity contribution < 1.29 is 31.1 Å². The van der Waals surface area contributed by atoms with Gasteiger partial charge in [0.25, 0.3) is 0 Å². The average Bonchev–Trinajstić information content (AvgIpc) is 2.74. The first kappa shape index (κ1) is 22.8. The Hall–Kier alpha value is -2.47. The van der Waals surface area contributed by atoms with Gasteiger partial charge < -0.3 is 11.5 Å². The second-order valence-corrected chi connectivity index (χ2v) is 6.65. The van der Waals surface area contributed by atoms with E-state index >= 15 is 0 Å². The summed E-state index contributed by atoms with van der Waals surface area (Å²) in [6, 6.07) is 38.1. The van der Waals surface area contributed by atoms with Crippen LogP contribution in [0.3, 0.4) is 0 Å². The molecule has 0 aliphatic rings. The SMILES string of the molecule is Nc1ccc(Cc2cc[c-]cc2)cc1.Nc1ccc(Cc2cc[c-]cc2)cc1.[U+2]. The van der Waals surface area contributed by atoms with E-state index < -0.39 is 0 Å². The van der Waals surface area contributed by atoms with Crippen LogP contribution in [-0.4, -0.2) is 0 Å². The molecule has 0 saturated heterocycles. The number of nitrogen functional groups attached to an aromatic ring is 2. The van der Waals surface area contributed by atoms with Crippen LogP contribution < -0.4 is 11.5 Å². The van der Waals surface area contributed by atoms with Crippen molar-refractivity contribution in [2.45, 2.75) is 12.8 Å². The van der Waals surface area contributed by atoms with Crippen LogP contribution in [0.1, 0.15) is 22.3 Å². The first-order chi connectivity index (χ1) is 13.7. The van der Waals surface area contributed by atoms with Crippen LogP contribution in [0, 0.1) is 43.2 Å². The summed E-state index contributed by atoms with van der Waals surface area (Å²) in [6.45, 7) is 0. The summed E-state index contributed by atoms with van der Waals surface area (Å²) in [6.07, 6.45) is 1.91. The van der Waals surface area contributed by atoms with E-state index in [1.54, 1.807) is 0 Å². The summed E-state index contributed by atoms with van der Waals surface area (Å²) in [5.74, 6) is 0. The summed E-state index contributed by atoms with van der Waals surface area (Å²) < 4.78 is 0. The maximum Gasteiger partial charge on any atom is 2.00 e. The Morgan fingerprint density at radius 2 is 0.724 bits per heavy atom. The minimum Gasteiger partial charge on any atom is -0.399 e. The molecule has 2 nitrogen and oxygen atoms in total. The zero-order valence-electron chi connectivity index (χ0n) is 16.3. The molecule has 4 aromatic rings. The van der Waals surface area contributed by atoms with Gasteiger partial charge in [0.1, 0.15) is 0 Å². The Balaban J connectivity index is 0.000000200. The second kappa shape index (κ2) is 12.2. The zero-order chi connectivity index (χ0) is 19.6. The second-order valence-electron chi connectivity index (χ2n) is 6.65. The average molecular weight is 603 g/mol. The number of rotatable bonds is 4. The van der Waals surface area contributed by atoms with E-state index in [0.29, 0.717) is 0 Å². The van der Waals surface area contributed by atoms with Gasteiger partial charge in [-0.25, -0.2) is 0 Å². The molecule has 0 spiro atoms. The van der Waals surface area contributed by atoms with Crippen molar-refractivity contribution in [2.24, 2.45) is 0 Å². The Morgan fingerprint density at radius 3 is 1.03 bits per heavy atom. The molecule has 0 aliphatic heterocycles. The van der Waals surface area contributed by atoms with Crippen LogP contribution in [0.4, 0.5) is 11.4 Å². The van der Waals surface area contributed by atoms with Crippen molar-refractivity contribution in [2.75, 3.05) is 11.5 Å². The maximum atomic E-state index is 5.62. The van der Waals surface area contributed by atoms with Gasteiger partial charge in [0.2, 0.25) is 0 Å². The van der Waals surface area contributed by atoms with Crippen molar-refractivity contribution in [3.63, 3.8) is 0 Å².